The monoisotopic (exact) mass is 243 g/mol. The van der Waals surface area contributed by atoms with Crippen LogP contribution in [0.15, 0.2) is 0 Å². The van der Waals surface area contributed by atoms with Crippen molar-refractivity contribution in [2.24, 2.45) is 11.8 Å². The fourth-order valence-electron chi connectivity index (χ4n) is 2.89. The first-order valence-corrected chi connectivity index (χ1v) is 6.89. The molecule has 2 fully saturated rings. The van der Waals surface area contributed by atoms with Crippen LogP contribution < -0.4 is 0 Å². The summed E-state index contributed by atoms with van der Waals surface area (Å²) in [5.74, 6) is 2.02. The Balaban J connectivity index is 1.82. The maximum absolute atomic E-state index is 11.7. The van der Waals surface area contributed by atoms with Crippen LogP contribution in [0.1, 0.15) is 32.1 Å². The lowest BCUT2D eigenvalue weighted by Crippen LogP contribution is -2.34. The summed E-state index contributed by atoms with van der Waals surface area (Å²) >= 11 is 4.26. The quantitative estimate of drug-likeness (QED) is 0.734. The number of thiol groups is 1. The van der Waals surface area contributed by atoms with Crippen molar-refractivity contribution in [3.05, 3.63) is 0 Å². The molecule has 1 aliphatic heterocycles. The minimum atomic E-state index is -0.142. The number of hydrogen-bond donors (Lipinski definition) is 2. The maximum atomic E-state index is 11.7. The third-order valence-electron chi connectivity index (χ3n) is 3.79. The topological polar surface area (TPSA) is 40.5 Å². The smallest absolute Gasteiger partial charge is 0.222 e. The molecule has 1 N–H and O–H groups in total. The molecular formula is C12H21NO2S. The van der Waals surface area contributed by atoms with Crippen LogP contribution in [0.4, 0.5) is 0 Å². The molecule has 16 heavy (non-hydrogen) atoms. The third-order valence-corrected chi connectivity index (χ3v) is 4.30. The highest BCUT2D eigenvalue weighted by Crippen LogP contribution is 2.27. The van der Waals surface area contributed by atoms with E-state index in [1.807, 2.05) is 4.90 Å². The van der Waals surface area contributed by atoms with Crippen LogP contribution in [0.5, 0.6) is 0 Å². The van der Waals surface area contributed by atoms with E-state index in [9.17, 15) is 9.90 Å². The van der Waals surface area contributed by atoms with Crippen LogP contribution >= 0.6 is 12.6 Å². The average Bonchev–Trinajstić information content (AvgIpc) is 2.60. The zero-order valence-corrected chi connectivity index (χ0v) is 10.5. The minimum Gasteiger partial charge on any atom is -0.393 e. The van der Waals surface area contributed by atoms with E-state index in [1.54, 1.807) is 0 Å². The molecule has 2 rings (SSSR count). The van der Waals surface area contributed by atoms with Crippen molar-refractivity contribution in [2.75, 3.05) is 18.8 Å². The lowest BCUT2D eigenvalue weighted by Gasteiger charge is -2.29. The van der Waals surface area contributed by atoms with E-state index in [2.05, 4.69) is 12.6 Å². The van der Waals surface area contributed by atoms with E-state index in [-0.39, 0.29) is 12.0 Å². The molecule has 3 nitrogen and oxygen atoms in total. The van der Waals surface area contributed by atoms with E-state index in [0.717, 1.165) is 44.5 Å². The van der Waals surface area contributed by atoms with Crippen molar-refractivity contribution in [2.45, 2.75) is 38.2 Å². The van der Waals surface area contributed by atoms with Gasteiger partial charge in [0.25, 0.3) is 0 Å². The Bertz CT molecular complexity index is 259. The summed E-state index contributed by atoms with van der Waals surface area (Å²) in [6.07, 6.45) is 4.59. The molecule has 1 amide bonds. The van der Waals surface area contributed by atoms with Gasteiger partial charge in [0.1, 0.15) is 0 Å². The molecule has 0 aromatic heterocycles. The van der Waals surface area contributed by atoms with Gasteiger partial charge in [-0.2, -0.15) is 12.6 Å². The van der Waals surface area contributed by atoms with Gasteiger partial charge in [0.05, 0.1) is 6.10 Å². The lowest BCUT2D eigenvalue weighted by molar-refractivity contribution is -0.128. The fraction of sp³-hybridized carbons (Fsp3) is 0.917. The second-order valence-electron chi connectivity index (χ2n) is 5.24. The summed E-state index contributed by atoms with van der Waals surface area (Å²) in [6, 6.07) is 0. The minimum absolute atomic E-state index is 0.142. The van der Waals surface area contributed by atoms with E-state index in [0.29, 0.717) is 18.3 Å². The second-order valence-corrected chi connectivity index (χ2v) is 5.60. The molecule has 1 heterocycles. The number of amides is 1. The van der Waals surface area contributed by atoms with Crippen LogP contribution in [0.2, 0.25) is 0 Å². The number of nitrogens with zero attached hydrogens (tertiary/aromatic N) is 1. The van der Waals surface area contributed by atoms with Gasteiger partial charge in [-0.05, 0) is 36.9 Å². The van der Waals surface area contributed by atoms with Gasteiger partial charge in [0.15, 0.2) is 0 Å². The SMILES string of the molecule is O=C1CC(CS)CN1CC1CCCC(O)C1. The predicted molar refractivity (Wildman–Crippen MR) is 66.5 cm³/mol. The normalized spacial score (nSPS) is 35.8. The molecular weight excluding hydrogens is 222 g/mol. The van der Waals surface area contributed by atoms with Crippen LogP contribution in [0.25, 0.3) is 0 Å². The molecule has 3 atom stereocenters. The Morgan fingerprint density at radius 3 is 2.81 bits per heavy atom. The number of hydrogen-bond acceptors (Lipinski definition) is 3. The fourth-order valence-corrected chi connectivity index (χ4v) is 3.14. The van der Waals surface area contributed by atoms with Gasteiger partial charge in [-0.3, -0.25) is 4.79 Å². The van der Waals surface area contributed by atoms with Gasteiger partial charge in [-0.1, -0.05) is 6.42 Å². The zero-order chi connectivity index (χ0) is 11.5. The Morgan fingerprint density at radius 1 is 1.38 bits per heavy atom. The van der Waals surface area contributed by atoms with Crippen molar-refractivity contribution in [3.63, 3.8) is 0 Å². The first kappa shape index (κ1) is 12.2. The summed E-state index contributed by atoms with van der Waals surface area (Å²) in [5.41, 5.74) is 0. The number of aliphatic hydroxyl groups excluding tert-OH is 1. The van der Waals surface area contributed by atoms with E-state index in [4.69, 9.17) is 0 Å². The molecule has 3 unspecified atom stereocenters. The van der Waals surface area contributed by atoms with Crippen LogP contribution in [0, 0.1) is 11.8 Å². The highest BCUT2D eigenvalue weighted by Gasteiger charge is 2.31. The van der Waals surface area contributed by atoms with Gasteiger partial charge in [0.2, 0.25) is 5.91 Å². The lowest BCUT2D eigenvalue weighted by atomic mass is 9.87. The van der Waals surface area contributed by atoms with Crippen LogP contribution in [-0.2, 0) is 4.79 Å². The molecule has 1 saturated heterocycles. The van der Waals surface area contributed by atoms with Crippen molar-refractivity contribution < 1.29 is 9.90 Å². The standard InChI is InChI=1S/C12H21NO2S/c14-11-3-1-2-9(4-11)6-13-7-10(8-16)5-12(13)15/h9-11,14,16H,1-8H2. The number of carbonyl (C=O) groups is 1. The first-order chi connectivity index (χ1) is 7.69. The molecule has 1 aliphatic carbocycles. The van der Waals surface area contributed by atoms with E-state index >= 15 is 0 Å². The second kappa shape index (κ2) is 5.41. The average molecular weight is 243 g/mol. The van der Waals surface area contributed by atoms with Gasteiger partial charge < -0.3 is 10.0 Å². The Morgan fingerprint density at radius 2 is 2.19 bits per heavy atom. The summed E-state index contributed by atoms with van der Waals surface area (Å²) in [4.78, 5) is 13.7. The Hall–Kier alpha value is -0.220. The molecule has 2 aliphatic rings. The van der Waals surface area contributed by atoms with Crippen molar-refractivity contribution in [1.82, 2.24) is 4.90 Å². The van der Waals surface area contributed by atoms with Crippen molar-refractivity contribution >= 4 is 18.5 Å². The predicted octanol–water partition coefficient (Wildman–Crippen LogP) is 1.32. The molecule has 0 spiro atoms. The number of rotatable bonds is 3. The molecule has 0 bridgehead atoms. The Labute approximate surface area is 103 Å². The highest BCUT2D eigenvalue weighted by atomic mass is 32.1. The largest absolute Gasteiger partial charge is 0.393 e. The molecule has 1 saturated carbocycles. The molecule has 0 aromatic rings. The highest BCUT2D eigenvalue weighted by molar-refractivity contribution is 7.80. The van der Waals surface area contributed by atoms with Crippen LogP contribution in [0.3, 0.4) is 0 Å². The van der Waals surface area contributed by atoms with Gasteiger partial charge in [-0.15, -0.1) is 0 Å². The van der Waals surface area contributed by atoms with Crippen LogP contribution in [-0.4, -0.2) is 40.9 Å². The first-order valence-electron chi connectivity index (χ1n) is 6.25. The summed E-state index contributed by atoms with van der Waals surface area (Å²) in [6.45, 7) is 1.72. The molecule has 0 aromatic carbocycles. The summed E-state index contributed by atoms with van der Waals surface area (Å²) in [5, 5.41) is 9.60. The number of carbonyl (C=O) groups excluding carboxylic acids is 1. The summed E-state index contributed by atoms with van der Waals surface area (Å²) in [7, 11) is 0. The van der Waals surface area contributed by atoms with E-state index < -0.39 is 0 Å². The van der Waals surface area contributed by atoms with Gasteiger partial charge >= 0.3 is 0 Å². The summed E-state index contributed by atoms with van der Waals surface area (Å²) < 4.78 is 0. The molecule has 92 valence electrons. The molecule has 4 heteroatoms. The number of aliphatic hydroxyl groups is 1. The third kappa shape index (κ3) is 2.92. The zero-order valence-electron chi connectivity index (χ0n) is 9.64. The number of likely N-dealkylation sites (tertiary alicyclic amines) is 1. The Kier molecular flexibility index (Phi) is 4.14. The van der Waals surface area contributed by atoms with Gasteiger partial charge in [0, 0.05) is 19.5 Å². The maximum Gasteiger partial charge on any atom is 0.222 e. The van der Waals surface area contributed by atoms with Crippen molar-refractivity contribution in [1.29, 1.82) is 0 Å². The molecule has 0 radical (unpaired) electrons. The van der Waals surface area contributed by atoms with Crippen molar-refractivity contribution in [3.8, 4) is 0 Å². The van der Waals surface area contributed by atoms with E-state index in [1.165, 1.54) is 0 Å². The van der Waals surface area contributed by atoms with Gasteiger partial charge in [-0.25, -0.2) is 0 Å².